The summed E-state index contributed by atoms with van der Waals surface area (Å²) < 4.78 is 0. The van der Waals surface area contributed by atoms with Gasteiger partial charge in [-0.05, 0) is 43.7 Å². The van der Waals surface area contributed by atoms with Gasteiger partial charge in [0.15, 0.2) is 0 Å². The summed E-state index contributed by atoms with van der Waals surface area (Å²) in [6, 6.07) is 11.6. The molecule has 0 spiro atoms. The highest BCUT2D eigenvalue weighted by molar-refractivity contribution is 5.27. The molecule has 114 valence electrons. The Balaban J connectivity index is 3.03. The van der Waals surface area contributed by atoms with Gasteiger partial charge in [-0.3, -0.25) is 0 Å². The minimum Gasteiger partial charge on any atom is -0.316 e. The van der Waals surface area contributed by atoms with Crippen molar-refractivity contribution in [1.29, 1.82) is 0 Å². The second-order valence-electron chi connectivity index (χ2n) is 7.17. The van der Waals surface area contributed by atoms with Crippen LogP contribution in [-0.4, -0.2) is 13.1 Å². The fourth-order valence-corrected chi connectivity index (χ4v) is 3.40. The van der Waals surface area contributed by atoms with Gasteiger partial charge in [-0.2, -0.15) is 0 Å². The van der Waals surface area contributed by atoms with Crippen molar-refractivity contribution >= 4 is 0 Å². The molecule has 1 aromatic carbocycles. The Bertz CT molecular complexity index is 371. The number of hydrogen-bond donors (Lipinski definition) is 1. The van der Waals surface area contributed by atoms with Gasteiger partial charge in [0.2, 0.25) is 0 Å². The first-order chi connectivity index (χ1) is 9.39. The zero-order chi connectivity index (χ0) is 15.2. The number of benzene rings is 1. The Kier molecular flexibility index (Phi) is 6.26. The maximum absolute atomic E-state index is 3.62. The van der Waals surface area contributed by atoms with Crippen molar-refractivity contribution in [3.8, 4) is 0 Å². The molecule has 1 heteroatoms. The highest BCUT2D eigenvalue weighted by Gasteiger charge is 2.36. The Morgan fingerprint density at radius 2 is 1.55 bits per heavy atom. The van der Waals surface area contributed by atoms with E-state index in [9.17, 15) is 0 Å². The van der Waals surface area contributed by atoms with Crippen LogP contribution in [0.25, 0.3) is 0 Å². The first-order valence-electron chi connectivity index (χ1n) is 8.12. The number of hydrogen-bond acceptors (Lipinski definition) is 1. The van der Waals surface area contributed by atoms with Gasteiger partial charge in [-0.1, -0.05) is 65.0 Å². The van der Waals surface area contributed by atoms with Gasteiger partial charge in [-0.15, -0.1) is 0 Å². The molecule has 1 nitrogen and oxygen atoms in total. The number of likely N-dealkylation sites (N-methyl/N-ethyl adjacent to an activating group) is 1. The van der Waals surface area contributed by atoms with Crippen molar-refractivity contribution in [3.63, 3.8) is 0 Å². The second kappa shape index (κ2) is 7.26. The van der Waals surface area contributed by atoms with Crippen molar-refractivity contribution < 1.29 is 0 Å². The molecule has 1 unspecified atom stereocenters. The molecule has 0 aromatic heterocycles. The average Bonchev–Trinajstić information content (AvgIpc) is 2.43. The van der Waals surface area contributed by atoms with Crippen LogP contribution in [0.3, 0.4) is 0 Å². The van der Waals surface area contributed by atoms with Crippen LogP contribution in [-0.2, 0) is 5.41 Å². The van der Waals surface area contributed by atoms with E-state index in [1.807, 2.05) is 0 Å². The summed E-state index contributed by atoms with van der Waals surface area (Å²) in [6.07, 6.45) is 4.86. The van der Waals surface area contributed by atoms with Crippen LogP contribution >= 0.6 is 0 Å². The second-order valence-corrected chi connectivity index (χ2v) is 7.17. The Morgan fingerprint density at radius 1 is 1.00 bits per heavy atom. The third-order valence-corrected chi connectivity index (χ3v) is 4.81. The molecule has 0 fully saturated rings. The van der Waals surface area contributed by atoms with E-state index >= 15 is 0 Å². The summed E-state index contributed by atoms with van der Waals surface area (Å²) >= 11 is 0. The van der Waals surface area contributed by atoms with Gasteiger partial charge in [-0.25, -0.2) is 0 Å². The molecule has 0 aliphatic carbocycles. The van der Waals surface area contributed by atoms with E-state index in [1.54, 1.807) is 0 Å². The number of nitrogens with one attached hydrogen (secondary N) is 1. The molecular weight excluding hydrogens is 242 g/mol. The van der Waals surface area contributed by atoms with Crippen molar-refractivity contribution in [2.24, 2.45) is 5.41 Å². The molecule has 0 saturated heterocycles. The molecule has 1 N–H and O–H groups in total. The van der Waals surface area contributed by atoms with E-state index in [4.69, 9.17) is 0 Å². The lowest BCUT2D eigenvalue weighted by atomic mass is 9.68. The first-order valence-corrected chi connectivity index (χ1v) is 8.12. The topological polar surface area (TPSA) is 12.0 Å². The van der Waals surface area contributed by atoms with Gasteiger partial charge in [0.25, 0.3) is 0 Å². The zero-order valence-corrected chi connectivity index (χ0v) is 14.3. The van der Waals surface area contributed by atoms with Crippen molar-refractivity contribution in [3.05, 3.63) is 35.9 Å². The summed E-state index contributed by atoms with van der Waals surface area (Å²) in [6.45, 7) is 11.7. The molecule has 0 radical (unpaired) electrons. The Labute approximate surface area is 126 Å². The lowest BCUT2D eigenvalue weighted by Crippen LogP contribution is -2.47. The molecule has 0 heterocycles. The van der Waals surface area contributed by atoms with Gasteiger partial charge in [0.05, 0.1) is 0 Å². The highest BCUT2D eigenvalue weighted by Crippen LogP contribution is 2.38. The minimum absolute atomic E-state index is 0.251. The van der Waals surface area contributed by atoms with Gasteiger partial charge < -0.3 is 5.32 Å². The maximum atomic E-state index is 3.62. The van der Waals surface area contributed by atoms with Gasteiger partial charge in [0, 0.05) is 11.5 Å². The average molecular weight is 275 g/mol. The lowest BCUT2D eigenvalue weighted by molar-refractivity contribution is 0.236. The number of rotatable bonds is 7. The molecule has 20 heavy (non-hydrogen) atoms. The third kappa shape index (κ3) is 4.09. The summed E-state index contributed by atoms with van der Waals surface area (Å²) in [5, 5.41) is 3.62. The highest BCUT2D eigenvalue weighted by atomic mass is 14.9. The molecule has 1 atom stereocenters. The maximum Gasteiger partial charge on any atom is 0.0161 e. The minimum atomic E-state index is 0.251. The van der Waals surface area contributed by atoms with Crippen LogP contribution in [0.5, 0.6) is 0 Å². The first kappa shape index (κ1) is 17.2. The van der Waals surface area contributed by atoms with E-state index in [1.165, 1.54) is 31.2 Å². The SMILES string of the molecule is CCC(CC)(c1ccccc1)C(CCC(C)(C)C)NC. The Morgan fingerprint density at radius 3 is 1.95 bits per heavy atom. The lowest BCUT2D eigenvalue weighted by Gasteiger charge is -2.41. The smallest absolute Gasteiger partial charge is 0.0161 e. The fourth-order valence-electron chi connectivity index (χ4n) is 3.40. The van der Waals surface area contributed by atoms with Gasteiger partial charge >= 0.3 is 0 Å². The zero-order valence-electron chi connectivity index (χ0n) is 14.3. The summed E-state index contributed by atoms with van der Waals surface area (Å²) in [5.41, 5.74) is 2.14. The molecule has 0 aliphatic rings. The third-order valence-electron chi connectivity index (χ3n) is 4.81. The Hall–Kier alpha value is -0.820. The van der Waals surface area contributed by atoms with E-state index in [0.717, 1.165) is 0 Å². The van der Waals surface area contributed by atoms with E-state index in [-0.39, 0.29) is 5.41 Å². The molecule has 0 aliphatic heterocycles. The summed E-state index contributed by atoms with van der Waals surface area (Å²) in [5.74, 6) is 0. The molecule has 0 saturated carbocycles. The van der Waals surface area contributed by atoms with Crippen LogP contribution in [0.1, 0.15) is 65.9 Å². The standard InChI is InChI=1S/C19H33N/c1-7-19(8-2,16-12-10-9-11-13-16)17(20-6)14-15-18(3,4)5/h9-13,17,20H,7-8,14-15H2,1-6H3. The monoisotopic (exact) mass is 275 g/mol. The van der Waals surface area contributed by atoms with Gasteiger partial charge in [0.1, 0.15) is 0 Å². The van der Waals surface area contributed by atoms with E-state index < -0.39 is 0 Å². The predicted molar refractivity (Wildman–Crippen MR) is 90.2 cm³/mol. The van der Waals surface area contributed by atoms with Crippen molar-refractivity contribution in [2.45, 2.75) is 71.8 Å². The normalized spacial score (nSPS) is 14.3. The van der Waals surface area contributed by atoms with Crippen LogP contribution in [0.15, 0.2) is 30.3 Å². The predicted octanol–water partition coefficient (Wildman–Crippen LogP) is 5.16. The quantitative estimate of drug-likeness (QED) is 0.725. The van der Waals surface area contributed by atoms with Crippen LogP contribution in [0.2, 0.25) is 0 Å². The van der Waals surface area contributed by atoms with Crippen LogP contribution in [0, 0.1) is 5.41 Å². The van der Waals surface area contributed by atoms with Crippen LogP contribution < -0.4 is 5.32 Å². The summed E-state index contributed by atoms with van der Waals surface area (Å²) in [4.78, 5) is 0. The van der Waals surface area contributed by atoms with Crippen molar-refractivity contribution in [2.75, 3.05) is 7.05 Å². The van der Waals surface area contributed by atoms with Crippen LogP contribution in [0.4, 0.5) is 0 Å². The molecule has 0 amide bonds. The molecule has 1 rings (SSSR count). The summed E-state index contributed by atoms with van der Waals surface area (Å²) in [7, 11) is 2.12. The molecule has 0 bridgehead atoms. The van der Waals surface area contributed by atoms with E-state index in [0.29, 0.717) is 11.5 Å². The fraction of sp³-hybridized carbons (Fsp3) is 0.684. The van der Waals surface area contributed by atoms with E-state index in [2.05, 4.69) is 77.3 Å². The molecule has 1 aromatic rings. The van der Waals surface area contributed by atoms with Crippen molar-refractivity contribution in [1.82, 2.24) is 5.32 Å². The molecular formula is C19H33N. The largest absolute Gasteiger partial charge is 0.316 e.